The zero-order valence-corrected chi connectivity index (χ0v) is 17.4. The Morgan fingerprint density at radius 3 is 2.50 bits per heavy atom. The first-order valence-corrected chi connectivity index (χ1v) is 9.49. The number of hydrogen-bond donors (Lipinski definition) is 3. The third kappa shape index (κ3) is 9.63. The van der Waals surface area contributed by atoms with Crippen molar-refractivity contribution in [3.8, 4) is 0 Å². The smallest absolute Gasteiger partial charge is 0.306 e. The summed E-state index contributed by atoms with van der Waals surface area (Å²) in [4.78, 5) is 35.0. The Kier molecular flexibility index (Phi) is 11.1. The Bertz CT molecular complexity index is 714. The molecule has 0 atom stereocenters. The molecular weight excluding hydrogens is 406 g/mol. The van der Waals surface area contributed by atoms with Gasteiger partial charge in [-0.15, -0.1) is 0 Å². The van der Waals surface area contributed by atoms with Crippen LogP contribution in [-0.4, -0.2) is 43.2 Å². The average Bonchev–Trinajstić information content (AvgIpc) is 2.63. The van der Waals surface area contributed by atoms with Gasteiger partial charge in [-0.1, -0.05) is 18.5 Å². The molecule has 0 saturated carbocycles. The fourth-order valence-electron chi connectivity index (χ4n) is 2.02. The summed E-state index contributed by atoms with van der Waals surface area (Å²) in [7, 11) is 1.50. The summed E-state index contributed by atoms with van der Waals surface area (Å²) in [6.07, 6.45) is 1.00. The average molecular weight is 430 g/mol. The number of anilines is 2. The number of ether oxygens (including phenoxy) is 2. The normalized spacial score (nSPS) is 10.1. The predicted molar refractivity (Wildman–Crippen MR) is 111 cm³/mol. The summed E-state index contributed by atoms with van der Waals surface area (Å²) >= 11 is 11.2. The largest absolute Gasteiger partial charge is 0.463 e. The quantitative estimate of drug-likeness (QED) is 0.298. The van der Waals surface area contributed by atoms with E-state index in [1.54, 1.807) is 18.2 Å². The number of hydrogen-bond acceptors (Lipinski definition) is 6. The summed E-state index contributed by atoms with van der Waals surface area (Å²) < 4.78 is 9.63. The minimum atomic E-state index is -0.496. The second-order valence-corrected chi connectivity index (χ2v) is 6.52. The van der Waals surface area contributed by atoms with Crippen LogP contribution in [0.5, 0.6) is 0 Å². The molecule has 0 fully saturated rings. The van der Waals surface area contributed by atoms with E-state index in [1.807, 2.05) is 6.92 Å². The fraction of sp³-hybridized carbons (Fsp3) is 0.444. The molecule has 1 rings (SSSR count). The van der Waals surface area contributed by atoms with Crippen molar-refractivity contribution in [1.82, 2.24) is 5.32 Å². The lowest BCUT2D eigenvalue weighted by Crippen LogP contribution is -2.34. The lowest BCUT2D eigenvalue weighted by atomic mass is 10.2. The third-order valence-corrected chi connectivity index (χ3v) is 3.87. The Morgan fingerprint density at radius 2 is 1.82 bits per heavy atom. The van der Waals surface area contributed by atoms with Crippen LogP contribution in [0.1, 0.15) is 32.6 Å². The predicted octanol–water partition coefficient (Wildman–Crippen LogP) is 2.86. The molecular formula is C18H24ClN3O5S. The van der Waals surface area contributed by atoms with E-state index < -0.39 is 11.9 Å². The van der Waals surface area contributed by atoms with Crippen molar-refractivity contribution in [2.45, 2.75) is 32.6 Å². The topological polar surface area (TPSA) is 106 Å². The van der Waals surface area contributed by atoms with Crippen LogP contribution in [0.25, 0.3) is 0 Å². The van der Waals surface area contributed by atoms with Crippen molar-refractivity contribution < 1.29 is 23.9 Å². The van der Waals surface area contributed by atoms with E-state index in [2.05, 4.69) is 16.0 Å². The van der Waals surface area contributed by atoms with Crippen LogP contribution >= 0.6 is 23.8 Å². The molecule has 3 N–H and O–H groups in total. The van der Waals surface area contributed by atoms with Gasteiger partial charge in [0.2, 0.25) is 11.8 Å². The van der Waals surface area contributed by atoms with Gasteiger partial charge >= 0.3 is 5.97 Å². The molecule has 10 heteroatoms. The van der Waals surface area contributed by atoms with Crippen molar-refractivity contribution in [2.75, 3.05) is 31.0 Å². The van der Waals surface area contributed by atoms with Gasteiger partial charge in [0.25, 0.3) is 0 Å². The van der Waals surface area contributed by atoms with E-state index in [0.717, 1.165) is 6.42 Å². The zero-order chi connectivity index (χ0) is 20.9. The van der Waals surface area contributed by atoms with Gasteiger partial charge in [0.1, 0.15) is 6.61 Å². The first-order chi connectivity index (χ1) is 13.3. The van der Waals surface area contributed by atoms with E-state index >= 15 is 0 Å². The molecule has 0 spiro atoms. The summed E-state index contributed by atoms with van der Waals surface area (Å²) in [5.41, 5.74) is 0.985. The third-order valence-electron chi connectivity index (χ3n) is 3.34. The lowest BCUT2D eigenvalue weighted by molar-refractivity contribution is -0.146. The highest BCUT2D eigenvalue weighted by Gasteiger charge is 2.11. The lowest BCUT2D eigenvalue weighted by Gasteiger charge is -2.13. The fourth-order valence-corrected chi connectivity index (χ4v) is 2.41. The number of benzene rings is 1. The number of amides is 2. The maximum atomic E-state index is 11.9. The number of esters is 1. The number of methoxy groups -OCH3 is 1. The molecule has 0 saturated heterocycles. The van der Waals surface area contributed by atoms with Crippen LogP contribution in [0.3, 0.4) is 0 Å². The Labute approximate surface area is 174 Å². The SMILES string of the molecule is CCCC(=O)Nc1ccc(Cl)c(NC(=S)NC(=O)CCC(=O)OCCOC)c1. The molecule has 0 radical (unpaired) electrons. The maximum absolute atomic E-state index is 11.9. The molecule has 154 valence electrons. The van der Waals surface area contributed by atoms with Gasteiger partial charge in [0.15, 0.2) is 5.11 Å². The van der Waals surface area contributed by atoms with Crippen molar-refractivity contribution in [1.29, 1.82) is 0 Å². The minimum Gasteiger partial charge on any atom is -0.463 e. The molecule has 0 aliphatic rings. The minimum absolute atomic E-state index is 0.0247. The van der Waals surface area contributed by atoms with Crippen molar-refractivity contribution in [2.24, 2.45) is 0 Å². The number of nitrogens with one attached hydrogen (secondary N) is 3. The highest BCUT2D eigenvalue weighted by molar-refractivity contribution is 7.80. The van der Waals surface area contributed by atoms with Crippen molar-refractivity contribution in [3.05, 3.63) is 23.2 Å². The first kappa shape index (κ1) is 23.8. The van der Waals surface area contributed by atoms with E-state index in [9.17, 15) is 14.4 Å². The molecule has 0 aromatic heterocycles. The van der Waals surface area contributed by atoms with Gasteiger partial charge in [-0.3, -0.25) is 14.4 Å². The van der Waals surface area contributed by atoms with Gasteiger partial charge < -0.3 is 25.4 Å². The van der Waals surface area contributed by atoms with Gasteiger partial charge in [0.05, 0.1) is 23.7 Å². The van der Waals surface area contributed by atoms with Crippen LogP contribution in [-0.2, 0) is 23.9 Å². The zero-order valence-electron chi connectivity index (χ0n) is 15.8. The van der Waals surface area contributed by atoms with Crippen LogP contribution in [0.4, 0.5) is 11.4 Å². The summed E-state index contributed by atoms with van der Waals surface area (Å²) in [5.74, 6) is -1.04. The Balaban J connectivity index is 2.50. The molecule has 0 aliphatic heterocycles. The van der Waals surface area contributed by atoms with Crippen molar-refractivity contribution >= 4 is 58.1 Å². The summed E-state index contributed by atoms with van der Waals surface area (Å²) in [6.45, 7) is 2.35. The number of thiocarbonyl (C=S) groups is 1. The van der Waals surface area contributed by atoms with Crippen LogP contribution in [0.15, 0.2) is 18.2 Å². The summed E-state index contributed by atoms with van der Waals surface area (Å²) in [5, 5.41) is 8.40. The van der Waals surface area contributed by atoms with Crippen LogP contribution in [0.2, 0.25) is 5.02 Å². The number of rotatable bonds is 10. The monoisotopic (exact) mass is 429 g/mol. The molecule has 0 unspecified atom stereocenters. The van der Waals surface area contributed by atoms with Crippen LogP contribution < -0.4 is 16.0 Å². The molecule has 0 aliphatic carbocycles. The van der Waals surface area contributed by atoms with Gasteiger partial charge in [-0.2, -0.15) is 0 Å². The molecule has 2 amide bonds. The number of carbonyl (C=O) groups excluding carboxylic acids is 3. The second-order valence-electron chi connectivity index (χ2n) is 5.71. The number of halogens is 1. The van der Waals surface area contributed by atoms with E-state index in [4.69, 9.17) is 33.3 Å². The standard InChI is InChI=1S/C18H24ClN3O5S/c1-3-4-15(23)20-12-5-6-13(19)14(11-12)21-18(28)22-16(24)7-8-17(25)27-10-9-26-2/h5-6,11H,3-4,7-10H2,1-2H3,(H,20,23)(H2,21,22,24,28). The van der Waals surface area contributed by atoms with Gasteiger partial charge in [0, 0.05) is 25.6 Å². The molecule has 8 nitrogen and oxygen atoms in total. The molecule has 1 aromatic rings. The summed E-state index contributed by atoms with van der Waals surface area (Å²) in [6, 6.07) is 4.88. The van der Waals surface area contributed by atoms with Gasteiger partial charge in [-0.05, 0) is 36.8 Å². The molecule has 0 bridgehead atoms. The number of carbonyl (C=O) groups is 3. The Morgan fingerprint density at radius 1 is 1.07 bits per heavy atom. The van der Waals surface area contributed by atoms with Crippen LogP contribution in [0, 0.1) is 0 Å². The van der Waals surface area contributed by atoms with E-state index in [-0.39, 0.29) is 30.5 Å². The van der Waals surface area contributed by atoms with E-state index in [0.29, 0.717) is 29.4 Å². The molecule has 1 aromatic carbocycles. The second kappa shape index (κ2) is 13.0. The highest BCUT2D eigenvalue weighted by atomic mass is 35.5. The highest BCUT2D eigenvalue weighted by Crippen LogP contribution is 2.25. The van der Waals surface area contributed by atoms with Gasteiger partial charge in [-0.25, -0.2) is 0 Å². The molecule has 0 heterocycles. The van der Waals surface area contributed by atoms with Crippen molar-refractivity contribution in [3.63, 3.8) is 0 Å². The Hall–Kier alpha value is -2.23. The molecule has 28 heavy (non-hydrogen) atoms. The van der Waals surface area contributed by atoms with E-state index in [1.165, 1.54) is 7.11 Å². The first-order valence-electron chi connectivity index (χ1n) is 8.70. The maximum Gasteiger partial charge on any atom is 0.306 e.